The van der Waals surface area contributed by atoms with Crippen LogP contribution in [0.1, 0.15) is 41.5 Å². The maximum absolute atomic E-state index is 11.9. The van der Waals surface area contributed by atoms with Crippen LogP contribution in [0.4, 0.5) is 4.79 Å². The summed E-state index contributed by atoms with van der Waals surface area (Å²) >= 11 is 0. The van der Waals surface area contributed by atoms with Crippen LogP contribution in [0.2, 0.25) is 0 Å². The molecule has 132 valence electrons. The minimum atomic E-state index is -2.97. The number of carbonyl (C=O) groups is 1. The Labute approximate surface area is 135 Å². The smallest absolute Gasteiger partial charge is 0.410 e. The lowest BCUT2D eigenvalue weighted by Crippen LogP contribution is -2.41. The molecule has 0 radical (unpaired) electrons. The van der Waals surface area contributed by atoms with Gasteiger partial charge in [0, 0.05) is 25.4 Å². The average molecular weight is 336 g/mol. The molecule has 0 saturated heterocycles. The molecule has 0 aromatic heterocycles. The van der Waals surface area contributed by atoms with Gasteiger partial charge in [0.1, 0.15) is 5.60 Å². The van der Waals surface area contributed by atoms with Crippen molar-refractivity contribution < 1.29 is 17.9 Å². The van der Waals surface area contributed by atoms with Crippen LogP contribution in [0.15, 0.2) is 0 Å². The van der Waals surface area contributed by atoms with Gasteiger partial charge in [0.15, 0.2) is 9.84 Å². The molecular weight excluding hydrogens is 304 g/mol. The van der Waals surface area contributed by atoms with Gasteiger partial charge in [-0.2, -0.15) is 0 Å². The first kappa shape index (κ1) is 21.2. The van der Waals surface area contributed by atoms with Crippen molar-refractivity contribution in [2.45, 2.75) is 53.2 Å². The van der Waals surface area contributed by atoms with Crippen LogP contribution < -0.4 is 5.32 Å². The summed E-state index contributed by atoms with van der Waals surface area (Å²) in [5.74, 6) is 0.498. The van der Waals surface area contributed by atoms with Gasteiger partial charge in [-0.1, -0.05) is 13.8 Å². The van der Waals surface area contributed by atoms with Gasteiger partial charge in [-0.05, 0) is 40.2 Å². The van der Waals surface area contributed by atoms with Crippen molar-refractivity contribution in [2.24, 2.45) is 5.92 Å². The summed E-state index contributed by atoms with van der Waals surface area (Å²) in [4.78, 5) is 13.4. The van der Waals surface area contributed by atoms with Crippen LogP contribution in [0.25, 0.3) is 0 Å². The second kappa shape index (κ2) is 8.72. The Hall–Kier alpha value is -0.820. The lowest BCUT2D eigenvalue weighted by atomic mass is 10.1. The molecular formula is C15H32N2O4S. The largest absolute Gasteiger partial charge is 0.444 e. The molecule has 2 atom stereocenters. The molecule has 0 saturated carbocycles. The normalized spacial score (nSPS) is 15.2. The number of sulfone groups is 1. The molecule has 1 N–H and O–H groups in total. The predicted molar refractivity (Wildman–Crippen MR) is 89.8 cm³/mol. The van der Waals surface area contributed by atoms with Gasteiger partial charge in [0.2, 0.25) is 0 Å². The highest BCUT2D eigenvalue weighted by Gasteiger charge is 2.21. The third-order valence-electron chi connectivity index (χ3n) is 3.05. The van der Waals surface area contributed by atoms with E-state index >= 15 is 0 Å². The average Bonchev–Trinajstić information content (AvgIpc) is 2.33. The van der Waals surface area contributed by atoms with Crippen molar-refractivity contribution >= 4 is 15.9 Å². The summed E-state index contributed by atoms with van der Waals surface area (Å²) < 4.78 is 28.4. The number of hydrogen-bond acceptors (Lipinski definition) is 5. The number of nitrogens with zero attached hydrogens (tertiary/aromatic N) is 1. The molecule has 0 aliphatic heterocycles. The Balaban J connectivity index is 4.18. The molecule has 7 heteroatoms. The molecule has 0 aliphatic rings. The number of nitrogens with one attached hydrogen (secondary N) is 1. The second-order valence-electron chi connectivity index (χ2n) is 6.97. The zero-order valence-corrected chi connectivity index (χ0v) is 15.8. The minimum absolute atomic E-state index is 0.0979. The van der Waals surface area contributed by atoms with Crippen LogP contribution in [-0.2, 0) is 14.6 Å². The summed E-state index contributed by atoms with van der Waals surface area (Å²) in [6.45, 7) is 12.2. The molecule has 0 aromatic carbocycles. The first-order valence-corrected chi connectivity index (χ1v) is 9.56. The van der Waals surface area contributed by atoms with E-state index in [1.807, 2.05) is 34.6 Å². The summed E-state index contributed by atoms with van der Waals surface area (Å²) in [6, 6.07) is -0.0979. The van der Waals surface area contributed by atoms with Crippen LogP contribution in [0, 0.1) is 5.92 Å². The monoisotopic (exact) mass is 336 g/mol. The first-order valence-electron chi connectivity index (χ1n) is 7.74. The van der Waals surface area contributed by atoms with E-state index in [0.717, 1.165) is 0 Å². The number of rotatable bonds is 8. The lowest BCUT2D eigenvalue weighted by Gasteiger charge is -2.27. The molecule has 0 fully saturated rings. The van der Waals surface area contributed by atoms with Crippen molar-refractivity contribution in [1.82, 2.24) is 10.2 Å². The van der Waals surface area contributed by atoms with Gasteiger partial charge >= 0.3 is 6.09 Å². The quantitative estimate of drug-likeness (QED) is 0.733. The molecule has 22 heavy (non-hydrogen) atoms. The fourth-order valence-electron chi connectivity index (χ4n) is 1.91. The zero-order valence-electron chi connectivity index (χ0n) is 15.0. The molecule has 0 rings (SSSR count). The standard InChI is InChI=1S/C15H32N2O4S/c1-8-22(19,20)11-13(3)16-9-12(2)10-17(7)14(18)21-15(4,5)6/h12-13,16H,8-11H2,1-7H3. The molecule has 0 spiro atoms. The third-order valence-corrected chi connectivity index (χ3v) is 4.94. The fourth-order valence-corrected chi connectivity index (χ4v) is 3.02. The summed E-state index contributed by atoms with van der Waals surface area (Å²) in [5, 5.41) is 3.21. The van der Waals surface area contributed by atoms with Gasteiger partial charge in [-0.25, -0.2) is 13.2 Å². The molecule has 2 unspecified atom stereocenters. The highest BCUT2D eigenvalue weighted by Crippen LogP contribution is 2.10. The molecule has 0 aromatic rings. The minimum Gasteiger partial charge on any atom is -0.444 e. The summed E-state index contributed by atoms with van der Waals surface area (Å²) in [5.41, 5.74) is -0.504. The first-order chi connectivity index (χ1) is 9.86. The number of ether oxygens (including phenoxy) is 1. The molecule has 6 nitrogen and oxygen atoms in total. The van der Waals surface area contributed by atoms with Crippen molar-refractivity contribution in [2.75, 3.05) is 31.6 Å². The fraction of sp³-hybridized carbons (Fsp3) is 0.933. The van der Waals surface area contributed by atoms with Gasteiger partial charge in [-0.3, -0.25) is 0 Å². The van der Waals surface area contributed by atoms with E-state index in [9.17, 15) is 13.2 Å². The van der Waals surface area contributed by atoms with Crippen LogP contribution in [0.5, 0.6) is 0 Å². The van der Waals surface area contributed by atoms with E-state index in [1.54, 1.807) is 18.9 Å². The topological polar surface area (TPSA) is 75.7 Å². The molecule has 0 bridgehead atoms. The SMILES string of the molecule is CCS(=O)(=O)CC(C)NCC(C)CN(C)C(=O)OC(C)(C)C. The maximum Gasteiger partial charge on any atom is 0.410 e. The Kier molecular flexibility index (Phi) is 8.39. The van der Waals surface area contributed by atoms with Crippen LogP contribution in [0.3, 0.4) is 0 Å². The Morgan fingerprint density at radius 3 is 2.27 bits per heavy atom. The van der Waals surface area contributed by atoms with E-state index in [-0.39, 0.29) is 29.6 Å². The van der Waals surface area contributed by atoms with Crippen molar-refractivity contribution in [1.29, 1.82) is 0 Å². The Bertz CT molecular complexity index is 443. The molecule has 0 heterocycles. The number of amides is 1. The molecule has 0 aliphatic carbocycles. The van der Waals surface area contributed by atoms with E-state index in [2.05, 4.69) is 5.32 Å². The second-order valence-corrected chi connectivity index (χ2v) is 9.37. The van der Waals surface area contributed by atoms with Crippen molar-refractivity contribution in [3.05, 3.63) is 0 Å². The highest BCUT2D eigenvalue weighted by molar-refractivity contribution is 7.91. The van der Waals surface area contributed by atoms with Crippen LogP contribution in [-0.4, -0.2) is 62.7 Å². The molecule has 1 amide bonds. The van der Waals surface area contributed by atoms with E-state index in [0.29, 0.717) is 13.1 Å². The van der Waals surface area contributed by atoms with Gasteiger partial charge < -0.3 is 15.0 Å². The van der Waals surface area contributed by atoms with E-state index < -0.39 is 15.4 Å². The lowest BCUT2D eigenvalue weighted by molar-refractivity contribution is 0.0276. The zero-order chi connectivity index (χ0) is 17.6. The number of carbonyl (C=O) groups excluding carboxylic acids is 1. The van der Waals surface area contributed by atoms with E-state index in [4.69, 9.17) is 4.74 Å². The highest BCUT2D eigenvalue weighted by atomic mass is 32.2. The van der Waals surface area contributed by atoms with Gasteiger partial charge in [0.05, 0.1) is 5.75 Å². The van der Waals surface area contributed by atoms with Gasteiger partial charge in [0.25, 0.3) is 0 Å². The summed E-state index contributed by atoms with van der Waals surface area (Å²) in [7, 11) is -1.27. The third kappa shape index (κ3) is 10.00. The van der Waals surface area contributed by atoms with Crippen LogP contribution >= 0.6 is 0 Å². The van der Waals surface area contributed by atoms with Crippen molar-refractivity contribution in [3.63, 3.8) is 0 Å². The Morgan fingerprint density at radius 2 is 1.82 bits per heavy atom. The van der Waals surface area contributed by atoms with Gasteiger partial charge in [-0.15, -0.1) is 0 Å². The van der Waals surface area contributed by atoms with Crippen molar-refractivity contribution in [3.8, 4) is 0 Å². The summed E-state index contributed by atoms with van der Waals surface area (Å²) in [6.07, 6.45) is -0.346. The predicted octanol–water partition coefficient (Wildman–Crippen LogP) is 1.90. The Morgan fingerprint density at radius 1 is 1.27 bits per heavy atom. The number of hydrogen-bond donors (Lipinski definition) is 1. The maximum atomic E-state index is 11.9. The van der Waals surface area contributed by atoms with E-state index in [1.165, 1.54) is 0 Å².